The van der Waals surface area contributed by atoms with Gasteiger partial charge in [-0.2, -0.15) is 13.2 Å². The number of carbonyl (C=O) groups excluding carboxylic acids is 1. The quantitative estimate of drug-likeness (QED) is 0.759. The number of methoxy groups -OCH3 is 1. The molecular weight excluding hydrogens is 239 g/mol. The van der Waals surface area contributed by atoms with Crippen LogP contribution in [0, 0.1) is 0 Å². The van der Waals surface area contributed by atoms with Gasteiger partial charge in [0.1, 0.15) is 0 Å². The first-order valence-corrected chi connectivity index (χ1v) is 5.29. The van der Waals surface area contributed by atoms with E-state index in [4.69, 9.17) is 4.74 Å². The molecule has 0 aromatic rings. The molecule has 1 fully saturated rings. The van der Waals surface area contributed by atoms with Crippen molar-refractivity contribution in [3.8, 4) is 0 Å². The Balaban J connectivity index is 2.47. The number of alkyl halides is 3. The van der Waals surface area contributed by atoms with Gasteiger partial charge in [0, 0.05) is 13.7 Å². The summed E-state index contributed by atoms with van der Waals surface area (Å²) in [6.45, 7) is 0.915. The van der Waals surface area contributed by atoms with Crippen LogP contribution in [0.2, 0.25) is 0 Å². The maximum atomic E-state index is 11.9. The highest BCUT2D eigenvalue weighted by atomic mass is 19.4. The van der Waals surface area contributed by atoms with Crippen molar-refractivity contribution >= 4 is 6.09 Å². The van der Waals surface area contributed by atoms with E-state index < -0.39 is 24.5 Å². The Morgan fingerprint density at radius 3 is 2.65 bits per heavy atom. The summed E-state index contributed by atoms with van der Waals surface area (Å²) in [6.07, 6.45) is -3.97. The maximum Gasteiger partial charge on any atom is 0.422 e. The van der Waals surface area contributed by atoms with Crippen LogP contribution >= 0.6 is 0 Å². The smallest absolute Gasteiger partial charge is 0.422 e. The first kappa shape index (κ1) is 14.1. The highest BCUT2D eigenvalue weighted by Gasteiger charge is 2.35. The minimum Gasteiger partial charge on any atom is -0.440 e. The van der Waals surface area contributed by atoms with Gasteiger partial charge in [-0.25, -0.2) is 4.79 Å². The van der Waals surface area contributed by atoms with Crippen LogP contribution in [0.25, 0.3) is 0 Å². The van der Waals surface area contributed by atoms with E-state index in [1.165, 1.54) is 12.0 Å². The Morgan fingerprint density at radius 2 is 2.12 bits per heavy atom. The molecule has 1 atom stereocenters. The summed E-state index contributed by atoms with van der Waals surface area (Å²) in [5.74, 6) is 0. The minimum absolute atomic E-state index is 0.250. The molecule has 4 nitrogen and oxygen atoms in total. The Hall–Kier alpha value is -0.980. The molecule has 1 amide bonds. The van der Waals surface area contributed by atoms with Crippen molar-refractivity contribution < 1.29 is 27.4 Å². The molecule has 0 N–H and O–H groups in total. The maximum absolute atomic E-state index is 11.9. The van der Waals surface area contributed by atoms with Crippen LogP contribution in [0.4, 0.5) is 18.0 Å². The van der Waals surface area contributed by atoms with Gasteiger partial charge in [-0.1, -0.05) is 0 Å². The summed E-state index contributed by atoms with van der Waals surface area (Å²) >= 11 is 0. The van der Waals surface area contributed by atoms with Crippen LogP contribution in [0.3, 0.4) is 0 Å². The lowest BCUT2D eigenvalue weighted by molar-refractivity contribution is -0.163. The number of nitrogens with zero attached hydrogens (tertiary/aromatic N) is 1. The number of carbonyl (C=O) groups is 1. The van der Waals surface area contributed by atoms with Gasteiger partial charge in [0.2, 0.25) is 0 Å². The molecular formula is C10H16F3NO3. The fraction of sp³-hybridized carbons (Fsp3) is 0.900. The zero-order chi connectivity index (χ0) is 13.1. The van der Waals surface area contributed by atoms with Gasteiger partial charge in [0.05, 0.1) is 12.1 Å². The fourth-order valence-electron chi connectivity index (χ4n) is 1.76. The normalized spacial score (nSPS) is 25.8. The number of piperidine rings is 1. The van der Waals surface area contributed by atoms with Gasteiger partial charge in [0.25, 0.3) is 0 Å². The van der Waals surface area contributed by atoms with Crippen LogP contribution in [0.5, 0.6) is 0 Å². The molecule has 0 aliphatic carbocycles. The second-order valence-electron chi connectivity index (χ2n) is 4.35. The van der Waals surface area contributed by atoms with Gasteiger partial charge in [-0.3, -0.25) is 0 Å². The van der Waals surface area contributed by atoms with Crippen molar-refractivity contribution in [1.82, 2.24) is 4.90 Å². The molecule has 1 aliphatic heterocycles. The Bertz CT molecular complexity index is 282. The van der Waals surface area contributed by atoms with Crippen LogP contribution in [0.15, 0.2) is 0 Å². The molecule has 0 spiro atoms. The summed E-state index contributed by atoms with van der Waals surface area (Å²) < 4.78 is 45.1. The lowest BCUT2D eigenvalue weighted by Gasteiger charge is -2.38. The van der Waals surface area contributed by atoms with E-state index in [-0.39, 0.29) is 6.54 Å². The third kappa shape index (κ3) is 4.41. The Labute approximate surface area is 97.7 Å². The molecule has 0 radical (unpaired) electrons. The lowest BCUT2D eigenvalue weighted by atomic mass is 9.95. The second-order valence-corrected chi connectivity index (χ2v) is 4.35. The summed E-state index contributed by atoms with van der Waals surface area (Å²) in [5.41, 5.74) is -0.504. The predicted octanol–water partition coefficient (Wildman–Crippen LogP) is 2.19. The van der Waals surface area contributed by atoms with Crippen LogP contribution in [0.1, 0.15) is 19.8 Å². The molecule has 1 unspecified atom stereocenters. The summed E-state index contributed by atoms with van der Waals surface area (Å²) in [5, 5.41) is 0. The highest BCUT2D eigenvalue weighted by Crippen LogP contribution is 2.24. The SMILES string of the molecule is COC1(C)CCCN(C(=O)OCC(F)(F)F)C1. The zero-order valence-corrected chi connectivity index (χ0v) is 9.84. The number of amides is 1. The number of hydrogen-bond donors (Lipinski definition) is 0. The Kier molecular flexibility index (Phi) is 4.24. The molecule has 0 bridgehead atoms. The predicted molar refractivity (Wildman–Crippen MR) is 53.6 cm³/mol. The number of likely N-dealkylation sites (tertiary alicyclic amines) is 1. The zero-order valence-electron chi connectivity index (χ0n) is 9.84. The van der Waals surface area contributed by atoms with Gasteiger partial charge in [0.15, 0.2) is 6.61 Å². The van der Waals surface area contributed by atoms with Crippen molar-refractivity contribution in [2.24, 2.45) is 0 Å². The van der Waals surface area contributed by atoms with Crippen molar-refractivity contribution in [3.05, 3.63) is 0 Å². The summed E-state index contributed by atoms with van der Waals surface area (Å²) in [4.78, 5) is 12.6. The van der Waals surface area contributed by atoms with Gasteiger partial charge < -0.3 is 14.4 Å². The molecule has 1 aliphatic rings. The second kappa shape index (κ2) is 5.12. The van der Waals surface area contributed by atoms with E-state index in [9.17, 15) is 18.0 Å². The Morgan fingerprint density at radius 1 is 1.47 bits per heavy atom. The highest BCUT2D eigenvalue weighted by molar-refractivity contribution is 5.67. The molecule has 1 heterocycles. The van der Waals surface area contributed by atoms with E-state index >= 15 is 0 Å². The third-order valence-electron chi connectivity index (χ3n) is 2.77. The average molecular weight is 255 g/mol. The van der Waals surface area contributed by atoms with Gasteiger partial charge >= 0.3 is 12.3 Å². The first-order chi connectivity index (χ1) is 7.76. The number of hydrogen-bond acceptors (Lipinski definition) is 3. The monoisotopic (exact) mass is 255 g/mol. The van der Waals surface area contributed by atoms with Crippen molar-refractivity contribution in [1.29, 1.82) is 0 Å². The molecule has 1 saturated heterocycles. The standard InChI is InChI=1S/C10H16F3NO3/c1-9(16-2)4-3-5-14(6-9)8(15)17-7-10(11,12)13/h3-7H2,1-2H3. The minimum atomic E-state index is -4.49. The van der Waals surface area contributed by atoms with Crippen molar-refractivity contribution in [3.63, 3.8) is 0 Å². The summed E-state index contributed by atoms with van der Waals surface area (Å²) in [6, 6.07) is 0. The van der Waals surface area contributed by atoms with E-state index in [0.29, 0.717) is 13.0 Å². The van der Waals surface area contributed by atoms with E-state index in [1.807, 2.05) is 6.92 Å². The molecule has 0 aromatic carbocycles. The first-order valence-electron chi connectivity index (χ1n) is 5.29. The van der Waals surface area contributed by atoms with Crippen LogP contribution < -0.4 is 0 Å². The van der Waals surface area contributed by atoms with E-state index in [1.54, 1.807) is 0 Å². The molecule has 100 valence electrons. The molecule has 7 heteroatoms. The van der Waals surface area contributed by atoms with Crippen LogP contribution in [-0.4, -0.2) is 49.6 Å². The number of ether oxygens (including phenoxy) is 2. The number of halogens is 3. The largest absolute Gasteiger partial charge is 0.440 e. The molecule has 0 saturated carbocycles. The van der Waals surface area contributed by atoms with Gasteiger partial charge in [-0.05, 0) is 19.8 Å². The third-order valence-corrected chi connectivity index (χ3v) is 2.77. The molecule has 17 heavy (non-hydrogen) atoms. The van der Waals surface area contributed by atoms with Crippen molar-refractivity contribution in [2.75, 3.05) is 26.8 Å². The van der Waals surface area contributed by atoms with Crippen LogP contribution in [-0.2, 0) is 9.47 Å². The van der Waals surface area contributed by atoms with Gasteiger partial charge in [-0.15, -0.1) is 0 Å². The average Bonchev–Trinajstić information content (AvgIpc) is 2.25. The lowest BCUT2D eigenvalue weighted by Crippen LogP contribution is -2.50. The number of rotatable bonds is 2. The van der Waals surface area contributed by atoms with E-state index in [2.05, 4.69) is 4.74 Å². The summed E-state index contributed by atoms with van der Waals surface area (Å²) in [7, 11) is 1.52. The molecule has 1 rings (SSSR count). The topological polar surface area (TPSA) is 38.8 Å². The van der Waals surface area contributed by atoms with Crippen molar-refractivity contribution in [2.45, 2.75) is 31.5 Å². The fourth-order valence-corrected chi connectivity index (χ4v) is 1.76. The van der Waals surface area contributed by atoms with E-state index in [0.717, 1.165) is 6.42 Å². The molecule has 0 aromatic heterocycles.